The first-order chi connectivity index (χ1) is 8.73. The highest BCUT2D eigenvalue weighted by Gasteiger charge is 2.28. The first kappa shape index (κ1) is 15.2. The van der Waals surface area contributed by atoms with Crippen LogP contribution in [0, 0.1) is 0 Å². The van der Waals surface area contributed by atoms with E-state index in [1.54, 1.807) is 0 Å². The van der Waals surface area contributed by atoms with Crippen LogP contribution in [0.2, 0.25) is 0 Å². The fourth-order valence-corrected chi connectivity index (χ4v) is 2.21. The number of hydrogen-bond donors (Lipinski definition) is 2. The third kappa shape index (κ3) is 4.77. The van der Waals surface area contributed by atoms with Gasteiger partial charge in [0.2, 0.25) is 0 Å². The van der Waals surface area contributed by atoms with Gasteiger partial charge >= 0.3 is 0 Å². The normalized spacial score (nSPS) is 14.4. The van der Waals surface area contributed by atoms with Crippen LogP contribution in [0.3, 0.4) is 0 Å². The third-order valence-corrected chi connectivity index (χ3v) is 3.33. The Balaban J connectivity index is 2.52. The molecule has 0 amide bonds. The number of rotatable bonds is 9. The summed E-state index contributed by atoms with van der Waals surface area (Å²) in [6.07, 6.45) is 6.55. The Labute approximate surface area is 110 Å². The van der Waals surface area contributed by atoms with Gasteiger partial charge in [-0.3, -0.25) is 0 Å². The van der Waals surface area contributed by atoms with Gasteiger partial charge in [-0.25, -0.2) is 5.90 Å². The summed E-state index contributed by atoms with van der Waals surface area (Å²) in [5.74, 6) is 5.14. The fourth-order valence-electron chi connectivity index (χ4n) is 2.21. The molecule has 0 spiro atoms. The van der Waals surface area contributed by atoms with Crippen LogP contribution in [0.15, 0.2) is 30.3 Å². The Hall–Kier alpha value is -0.900. The van der Waals surface area contributed by atoms with Crippen molar-refractivity contribution in [2.75, 3.05) is 6.61 Å². The number of nitrogens with two attached hydrogens (primary N) is 1. The summed E-state index contributed by atoms with van der Waals surface area (Å²) >= 11 is 0. The predicted molar refractivity (Wildman–Crippen MR) is 73.9 cm³/mol. The zero-order valence-corrected chi connectivity index (χ0v) is 11.3. The quantitative estimate of drug-likeness (QED) is 0.523. The number of unbranched alkanes of at least 4 members (excludes halogenated alkanes) is 4. The van der Waals surface area contributed by atoms with Gasteiger partial charge in [-0.2, -0.15) is 0 Å². The maximum absolute atomic E-state index is 10.6. The van der Waals surface area contributed by atoms with Crippen molar-refractivity contribution in [3.05, 3.63) is 35.9 Å². The average molecular weight is 251 g/mol. The number of benzene rings is 1. The molecule has 1 rings (SSSR count). The van der Waals surface area contributed by atoms with Gasteiger partial charge in [0.1, 0.15) is 12.2 Å². The van der Waals surface area contributed by atoms with Crippen LogP contribution < -0.4 is 5.90 Å². The molecule has 102 valence electrons. The van der Waals surface area contributed by atoms with Gasteiger partial charge in [-0.05, 0) is 12.0 Å². The molecule has 0 aliphatic carbocycles. The molecule has 0 aliphatic heterocycles. The maximum atomic E-state index is 10.6. The van der Waals surface area contributed by atoms with Crippen molar-refractivity contribution in [1.82, 2.24) is 0 Å². The lowest BCUT2D eigenvalue weighted by Gasteiger charge is -2.27. The molecule has 1 aromatic carbocycles. The van der Waals surface area contributed by atoms with Crippen LogP contribution in [-0.4, -0.2) is 11.7 Å². The zero-order chi connectivity index (χ0) is 13.3. The van der Waals surface area contributed by atoms with Crippen LogP contribution in [0.4, 0.5) is 0 Å². The van der Waals surface area contributed by atoms with Gasteiger partial charge in [0.05, 0.1) is 0 Å². The minimum absolute atomic E-state index is 0.144. The average Bonchev–Trinajstić information content (AvgIpc) is 2.40. The second-order valence-corrected chi connectivity index (χ2v) is 4.87. The molecule has 1 aromatic rings. The summed E-state index contributed by atoms with van der Waals surface area (Å²) in [6.45, 7) is 2.34. The van der Waals surface area contributed by atoms with Crippen molar-refractivity contribution >= 4 is 0 Å². The highest BCUT2D eigenvalue weighted by Crippen LogP contribution is 2.27. The summed E-state index contributed by atoms with van der Waals surface area (Å²) in [5.41, 5.74) is -0.0756. The number of aliphatic hydroxyl groups is 1. The number of hydrogen-bond acceptors (Lipinski definition) is 3. The predicted octanol–water partition coefficient (Wildman–Crippen LogP) is 3.13. The second kappa shape index (κ2) is 8.25. The van der Waals surface area contributed by atoms with Crippen molar-refractivity contribution in [2.24, 2.45) is 5.90 Å². The Kier molecular flexibility index (Phi) is 6.94. The summed E-state index contributed by atoms with van der Waals surface area (Å²) < 4.78 is 0. The van der Waals surface area contributed by atoms with Gasteiger partial charge in [0.25, 0.3) is 0 Å². The highest BCUT2D eigenvalue weighted by molar-refractivity contribution is 5.22. The summed E-state index contributed by atoms with van der Waals surface area (Å²) in [7, 11) is 0. The van der Waals surface area contributed by atoms with E-state index in [1.807, 2.05) is 30.3 Å². The van der Waals surface area contributed by atoms with E-state index in [0.717, 1.165) is 18.4 Å². The SMILES string of the molecule is CCCCCCCC(O)(CON)c1ccccc1. The maximum Gasteiger partial charge on any atom is 0.115 e. The van der Waals surface area contributed by atoms with Crippen molar-refractivity contribution in [3.63, 3.8) is 0 Å². The van der Waals surface area contributed by atoms with Crippen molar-refractivity contribution in [2.45, 2.75) is 51.0 Å². The molecule has 3 nitrogen and oxygen atoms in total. The molecule has 0 saturated heterocycles. The molecule has 0 heterocycles. The summed E-state index contributed by atoms with van der Waals surface area (Å²) in [6, 6.07) is 9.63. The lowest BCUT2D eigenvalue weighted by Crippen LogP contribution is -2.33. The molecule has 1 atom stereocenters. The monoisotopic (exact) mass is 251 g/mol. The highest BCUT2D eigenvalue weighted by atomic mass is 16.6. The largest absolute Gasteiger partial charge is 0.383 e. The molecule has 18 heavy (non-hydrogen) atoms. The van der Waals surface area contributed by atoms with Crippen molar-refractivity contribution in [3.8, 4) is 0 Å². The van der Waals surface area contributed by atoms with Gasteiger partial charge in [0.15, 0.2) is 0 Å². The zero-order valence-electron chi connectivity index (χ0n) is 11.3. The molecule has 3 heteroatoms. The van der Waals surface area contributed by atoms with Crippen molar-refractivity contribution < 1.29 is 9.94 Å². The Bertz CT molecular complexity index is 316. The van der Waals surface area contributed by atoms with Crippen LogP contribution in [0.1, 0.15) is 51.0 Å². The van der Waals surface area contributed by atoms with Gasteiger partial charge in [0, 0.05) is 0 Å². The van der Waals surface area contributed by atoms with E-state index < -0.39 is 5.60 Å². The van der Waals surface area contributed by atoms with E-state index in [4.69, 9.17) is 5.90 Å². The molecule has 0 aromatic heterocycles. The second-order valence-electron chi connectivity index (χ2n) is 4.87. The fraction of sp³-hybridized carbons (Fsp3) is 0.600. The molecule has 1 unspecified atom stereocenters. The van der Waals surface area contributed by atoms with E-state index in [-0.39, 0.29) is 6.61 Å². The standard InChI is InChI=1S/C15H25NO2/c1-2-3-4-5-9-12-15(17,13-18-16)14-10-7-6-8-11-14/h6-8,10-11,17H,2-5,9,12-13,16H2,1H3. The topological polar surface area (TPSA) is 55.5 Å². The molecule has 0 radical (unpaired) electrons. The smallest absolute Gasteiger partial charge is 0.115 e. The first-order valence-corrected chi connectivity index (χ1v) is 6.82. The van der Waals surface area contributed by atoms with Gasteiger partial charge < -0.3 is 9.94 Å². The summed E-state index contributed by atoms with van der Waals surface area (Å²) in [5, 5.41) is 10.6. The molecule has 3 N–H and O–H groups in total. The third-order valence-electron chi connectivity index (χ3n) is 3.33. The molecular formula is C15H25NO2. The van der Waals surface area contributed by atoms with Crippen LogP contribution >= 0.6 is 0 Å². The van der Waals surface area contributed by atoms with E-state index in [2.05, 4.69) is 11.8 Å². The van der Waals surface area contributed by atoms with E-state index in [9.17, 15) is 5.11 Å². The van der Waals surface area contributed by atoms with Gasteiger partial charge in [-0.1, -0.05) is 69.4 Å². The van der Waals surface area contributed by atoms with E-state index >= 15 is 0 Å². The first-order valence-electron chi connectivity index (χ1n) is 6.82. The van der Waals surface area contributed by atoms with Crippen LogP contribution in [-0.2, 0) is 10.4 Å². The molecule has 0 aliphatic rings. The van der Waals surface area contributed by atoms with Gasteiger partial charge in [-0.15, -0.1) is 0 Å². The molecule has 0 bridgehead atoms. The molecular weight excluding hydrogens is 226 g/mol. The Morgan fingerprint density at radius 1 is 1.11 bits per heavy atom. The molecule has 0 fully saturated rings. The lowest BCUT2D eigenvalue weighted by molar-refractivity contribution is -0.0592. The minimum atomic E-state index is -0.956. The summed E-state index contributed by atoms with van der Waals surface area (Å²) in [4.78, 5) is 4.69. The Morgan fingerprint density at radius 3 is 2.39 bits per heavy atom. The molecule has 0 saturated carbocycles. The lowest BCUT2D eigenvalue weighted by atomic mass is 9.89. The minimum Gasteiger partial charge on any atom is -0.383 e. The van der Waals surface area contributed by atoms with E-state index in [0.29, 0.717) is 6.42 Å². The van der Waals surface area contributed by atoms with Crippen LogP contribution in [0.5, 0.6) is 0 Å². The van der Waals surface area contributed by atoms with Crippen molar-refractivity contribution in [1.29, 1.82) is 0 Å². The Morgan fingerprint density at radius 2 is 1.78 bits per heavy atom. The van der Waals surface area contributed by atoms with E-state index in [1.165, 1.54) is 19.3 Å². The van der Waals surface area contributed by atoms with Crippen LogP contribution in [0.25, 0.3) is 0 Å².